The van der Waals surface area contributed by atoms with Crippen LogP contribution in [-0.2, 0) is 6.54 Å². The van der Waals surface area contributed by atoms with Crippen LogP contribution in [0, 0.1) is 0 Å². The molecule has 2 aromatic carbocycles. The van der Waals surface area contributed by atoms with Gasteiger partial charge in [-0.2, -0.15) is 5.10 Å². The van der Waals surface area contributed by atoms with E-state index < -0.39 is 0 Å². The Labute approximate surface area is 105 Å². The van der Waals surface area contributed by atoms with Gasteiger partial charge in [0.05, 0.1) is 18.4 Å². The predicted octanol–water partition coefficient (Wildman–Crippen LogP) is 3.69. The van der Waals surface area contributed by atoms with Crippen LogP contribution in [0.5, 0.6) is 0 Å². The Bertz CT molecular complexity index is 561. The van der Waals surface area contributed by atoms with E-state index in [4.69, 9.17) is 11.6 Å². The van der Waals surface area contributed by atoms with E-state index >= 15 is 0 Å². The van der Waals surface area contributed by atoms with E-state index in [2.05, 4.69) is 23.3 Å². The molecule has 0 aliphatic carbocycles. The van der Waals surface area contributed by atoms with Gasteiger partial charge in [-0.25, -0.2) is 0 Å². The average Bonchev–Trinajstić information content (AvgIpc) is 2.39. The van der Waals surface area contributed by atoms with Gasteiger partial charge in [-0.3, -0.25) is 5.01 Å². The van der Waals surface area contributed by atoms with Gasteiger partial charge in [-0.05, 0) is 35.4 Å². The van der Waals surface area contributed by atoms with Crippen molar-refractivity contribution in [2.75, 3.05) is 5.01 Å². The van der Waals surface area contributed by atoms with Crippen molar-refractivity contribution in [1.29, 1.82) is 0 Å². The van der Waals surface area contributed by atoms with Crippen LogP contribution in [0.4, 0.5) is 5.69 Å². The minimum atomic E-state index is 0.745. The van der Waals surface area contributed by atoms with Crippen LogP contribution in [0.15, 0.2) is 53.6 Å². The molecule has 84 valence electrons. The molecule has 0 aromatic heterocycles. The number of hydrazone groups is 1. The van der Waals surface area contributed by atoms with Crippen LogP contribution in [0.3, 0.4) is 0 Å². The Morgan fingerprint density at radius 2 is 1.76 bits per heavy atom. The summed E-state index contributed by atoms with van der Waals surface area (Å²) in [5.74, 6) is 0. The van der Waals surface area contributed by atoms with Crippen LogP contribution in [0.1, 0.15) is 11.1 Å². The normalized spacial score (nSPS) is 13.6. The zero-order valence-corrected chi connectivity index (χ0v) is 9.93. The maximum Gasteiger partial charge on any atom is 0.0672 e. The van der Waals surface area contributed by atoms with Gasteiger partial charge < -0.3 is 0 Å². The van der Waals surface area contributed by atoms with Crippen molar-refractivity contribution < 1.29 is 0 Å². The molecule has 2 aromatic rings. The number of hydrogen-bond acceptors (Lipinski definition) is 2. The zero-order valence-electron chi connectivity index (χ0n) is 9.18. The standard InChI is InChI=1S/C14H11ClN2/c15-13-5-7-14(8-6-13)17-10-12-4-2-1-3-11(12)9-16-17/h1-9H,10H2. The quantitative estimate of drug-likeness (QED) is 0.745. The van der Waals surface area contributed by atoms with Crippen molar-refractivity contribution in [3.05, 3.63) is 64.7 Å². The second-order valence-electron chi connectivity index (χ2n) is 3.98. The highest BCUT2D eigenvalue weighted by molar-refractivity contribution is 6.30. The number of fused-ring (bicyclic) bond motifs is 1. The van der Waals surface area contributed by atoms with Gasteiger partial charge in [0.2, 0.25) is 0 Å². The lowest BCUT2D eigenvalue weighted by Crippen LogP contribution is -2.20. The maximum absolute atomic E-state index is 5.87. The van der Waals surface area contributed by atoms with E-state index in [0.29, 0.717) is 0 Å². The smallest absolute Gasteiger partial charge is 0.0672 e. The maximum atomic E-state index is 5.87. The number of halogens is 1. The minimum absolute atomic E-state index is 0.745. The topological polar surface area (TPSA) is 15.6 Å². The largest absolute Gasteiger partial charge is 0.261 e. The van der Waals surface area contributed by atoms with E-state index in [0.717, 1.165) is 17.3 Å². The van der Waals surface area contributed by atoms with E-state index in [-0.39, 0.29) is 0 Å². The molecule has 0 N–H and O–H groups in total. The van der Waals surface area contributed by atoms with Crippen molar-refractivity contribution in [3.63, 3.8) is 0 Å². The summed E-state index contributed by atoms with van der Waals surface area (Å²) in [5, 5.41) is 7.15. The molecule has 1 aliphatic heterocycles. The molecule has 1 aliphatic rings. The van der Waals surface area contributed by atoms with Gasteiger partial charge in [-0.1, -0.05) is 35.9 Å². The van der Waals surface area contributed by atoms with Gasteiger partial charge in [0.25, 0.3) is 0 Å². The second-order valence-corrected chi connectivity index (χ2v) is 4.41. The fraction of sp³-hybridized carbons (Fsp3) is 0.0714. The van der Waals surface area contributed by atoms with E-state index in [9.17, 15) is 0 Å². The summed E-state index contributed by atoms with van der Waals surface area (Å²) in [6, 6.07) is 16.0. The lowest BCUT2D eigenvalue weighted by molar-refractivity contribution is 0.843. The van der Waals surface area contributed by atoms with Crippen LogP contribution >= 0.6 is 11.6 Å². The number of rotatable bonds is 1. The summed E-state index contributed by atoms with van der Waals surface area (Å²) in [4.78, 5) is 0. The Kier molecular flexibility index (Phi) is 2.57. The third-order valence-electron chi connectivity index (χ3n) is 2.84. The fourth-order valence-corrected chi connectivity index (χ4v) is 2.04. The first kappa shape index (κ1) is 10.4. The van der Waals surface area contributed by atoms with Gasteiger partial charge in [0.1, 0.15) is 0 Å². The summed E-state index contributed by atoms with van der Waals surface area (Å²) < 4.78 is 0. The molecule has 0 amide bonds. The first-order valence-electron chi connectivity index (χ1n) is 5.48. The van der Waals surface area contributed by atoms with Crippen molar-refractivity contribution in [2.45, 2.75) is 6.54 Å². The first-order valence-corrected chi connectivity index (χ1v) is 5.86. The number of nitrogens with zero attached hydrogens (tertiary/aromatic N) is 2. The average molecular weight is 243 g/mol. The molecular formula is C14H11ClN2. The summed E-state index contributed by atoms with van der Waals surface area (Å²) >= 11 is 5.87. The molecule has 1 heterocycles. The molecule has 0 fully saturated rings. The van der Waals surface area contributed by atoms with Crippen molar-refractivity contribution in [3.8, 4) is 0 Å². The highest BCUT2D eigenvalue weighted by Crippen LogP contribution is 2.23. The molecule has 0 saturated carbocycles. The summed E-state index contributed by atoms with van der Waals surface area (Å²) in [7, 11) is 0. The van der Waals surface area contributed by atoms with E-state index in [1.165, 1.54) is 11.1 Å². The molecule has 0 spiro atoms. The first-order chi connectivity index (χ1) is 8.33. The zero-order chi connectivity index (χ0) is 11.7. The SMILES string of the molecule is Clc1ccc(N2Cc3ccccc3C=N2)cc1. The van der Waals surface area contributed by atoms with Gasteiger partial charge >= 0.3 is 0 Å². The summed E-state index contributed by atoms with van der Waals surface area (Å²) in [5.41, 5.74) is 3.54. The molecule has 0 saturated heterocycles. The molecule has 17 heavy (non-hydrogen) atoms. The lowest BCUT2D eigenvalue weighted by atomic mass is 10.1. The monoisotopic (exact) mass is 242 g/mol. The van der Waals surface area contributed by atoms with Crippen LogP contribution < -0.4 is 5.01 Å². The number of benzene rings is 2. The molecular weight excluding hydrogens is 232 g/mol. The Hall–Kier alpha value is -1.80. The third-order valence-corrected chi connectivity index (χ3v) is 3.09. The number of hydrogen-bond donors (Lipinski definition) is 0. The Balaban J connectivity index is 1.92. The van der Waals surface area contributed by atoms with Gasteiger partial charge in [-0.15, -0.1) is 0 Å². The Morgan fingerprint density at radius 1 is 1.00 bits per heavy atom. The van der Waals surface area contributed by atoms with Crippen LogP contribution in [0.2, 0.25) is 5.02 Å². The molecule has 0 bridgehead atoms. The number of anilines is 1. The fourth-order valence-electron chi connectivity index (χ4n) is 1.91. The second kappa shape index (κ2) is 4.22. The minimum Gasteiger partial charge on any atom is -0.261 e. The summed E-state index contributed by atoms with van der Waals surface area (Å²) in [6.45, 7) is 0.800. The Morgan fingerprint density at radius 3 is 2.59 bits per heavy atom. The summed E-state index contributed by atoms with van der Waals surface area (Å²) in [6.07, 6.45) is 1.90. The van der Waals surface area contributed by atoms with E-state index in [1.54, 1.807) is 0 Å². The van der Waals surface area contributed by atoms with E-state index in [1.807, 2.05) is 41.6 Å². The van der Waals surface area contributed by atoms with Crippen molar-refractivity contribution in [1.82, 2.24) is 0 Å². The molecule has 0 atom stereocenters. The van der Waals surface area contributed by atoms with Gasteiger partial charge in [0.15, 0.2) is 0 Å². The van der Waals surface area contributed by atoms with Crippen LogP contribution in [-0.4, -0.2) is 6.21 Å². The van der Waals surface area contributed by atoms with Crippen LogP contribution in [0.25, 0.3) is 0 Å². The molecule has 0 unspecified atom stereocenters. The third kappa shape index (κ3) is 2.04. The van der Waals surface area contributed by atoms with Crippen molar-refractivity contribution >= 4 is 23.5 Å². The lowest BCUT2D eigenvalue weighted by Gasteiger charge is -2.23. The molecule has 0 radical (unpaired) electrons. The molecule has 3 rings (SSSR count). The molecule has 2 nitrogen and oxygen atoms in total. The van der Waals surface area contributed by atoms with Gasteiger partial charge in [0, 0.05) is 5.02 Å². The van der Waals surface area contributed by atoms with Crippen molar-refractivity contribution in [2.24, 2.45) is 5.10 Å². The highest BCUT2D eigenvalue weighted by atomic mass is 35.5. The highest BCUT2D eigenvalue weighted by Gasteiger charge is 2.12. The predicted molar refractivity (Wildman–Crippen MR) is 71.7 cm³/mol. The molecule has 3 heteroatoms.